The number of aryl methyl sites for hydroxylation is 1. The van der Waals surface area contributed by atoms with Gasteiger partial charge in [0.25, 0.3) is 5.56 Å². The second-order valence-corrected chi connectivity index (χ2v) is 9.02. The highest BCUT2D eigenvalue weighted by atomic mass is 16.3. The molecule has 0 saturated carbocycles. The van der Waals surface area contributed by atoms with Gasteiger partial charge >= 0.3 is 5.69 Å². The van der Waals surface area contributed by atoms with Crippen LogP contribution in [-0.4, -0.2) is 51.0 Å². The molecular formula is C27H28N8O3. The lowest BCUT2D eigenvalue weighted by Crippen LogP contribution is -2.40. The number of hydrogen-bond donors (Lipinski definition) is 2. The van der Waals surface area contributed by atoms with E-state index in [2.05, 4.69) is 32.2 Å². The Morgan fingerprint density at radius 3 is 2.45 bits per heavy atom. The molecule has 0 radical (unpaired) electrons. The molecule has 38 heavy (non-hydrogen) atoms. The van der Waals surface area contributed by atoms with Crippen LogP contribution in [0.2, 0.25) is 0 Å². The van der Waals surface area contributed by atoms with Gasteiger partial charge < -0.3 is 9.67 Å². The van der Waals surface area contributed by atoms with E-state index in [9.17, 15) is 14.7 Å². The minimum absolute atomic E-state index is 0.118. The fourth-order valence-corrected chi connectivity index (χ4v) is 4.57. The van der Waals surface area contributed by atoms with E-state index < -0.39 is 11.2 Å². The maximum Gasteiger partial charge on any atom is 0.332 e. The number of allylic oxidation sites excluding steroid dienone is 1. The molecule has 0 spiro atoms. The number of imidazole rings is 1. The molecule has 2 N–H and O–H groups in total. The highest BCUT2D eigenvalue weighted by Crippen LogP contribution is 2.30. The van der Waals surface area contributed by atoms with Crippen LogP contribution < -0.4 is 11.2 Å². The Morgan fingerprint density at radius 1 is 1.05 bits per heavy atom. The number of aliphatic hydroxyl groups excluding tert-OH is 1. The van der Waals surface area contributed by atoms with E-state index >= 15 is 0 Å². The Kier molecular flexibility index (Phi) is 6.84. The molecule has 0 aliphatic carbocycles. The minimum atomic E-state index is -0.459. The largest absolute Gasteiger partial charge is 0.396 e. The van der Waals surface area contributed by atoms with Crippen LogP contribution in [0.25, 0.3) is 39.3 Å². The van der Waals surface area contributed by atoms with Crippen LogP contribution in [0.1, 0.15) is 31.2 Å². The van der Waals surface area contributed by atoms with Crippen molar-refractivity contribution >= 4 is 16.7 Å². The van der Waals surface area contributed by atoms with Gasteiger partial charge in [-0.3, -0.25) is 13.9 Å². The summed E-state index contributed by atoms with van der Waals surface area (Å²) in [7, 11) is 1.60. The maximum absolute atomic E-state index is 13.5. The summed E-state index contributed by atoms with van der Waals surface area (Å²) in [5, 5.41) is 23.5. The highest BCUT2D eigenvalue weighted by Gasteiger charge is 2.21. The summed E-state index contributed by atoms with van der Waals surface area (Å²) in [5.41, 5.74) is 4.34. The first-order valence-electron chi connectivity index (χ1n) is 12.4. The first-order valence-corrected chi connectivity index (χ1v) is 12.4. The monoisotopic (exact) mass is 512 g/mol. The van der Waals surface area contributed by atoms with Crippen LogP contribution >= 0.6 is 0 Å². The molecule has 11 heteroatoms. The number of aromatic amines is 1. The molecule has 0 aliphatic heterocycles. The predicted molar refractivity (Wildman–Crippen MR) is 144 cm³/mol. The molecule has 194 valence electrons. The number of nitrogens with one attached hydrogen (secondary N) is 1. The summed E-state index contributed by atoms with van der Waals surface area (Å²) in [6.07, 6.45) is 0.943. The van der Waals surface area contributed by atoms with E-state index in [1.165, 1.54) is 4.57 Å². The molecule has 0 fully saturated rings. The van der Waals surface area contributed by atoms with Crippen molar-refractivity contribution in [3.8, 4) is 22.5 Å². The van der Waals surface area contributed by atoms with Crippen LogP contribution in [0.5, 0.6) is 0 Å². The van der Waals surface area contributed by atoms with Crippen molar-refractivity contribution in [1.82, 2.24) is 39.3 Å². The van der Waals surface area contributed by atoms with Crippen molar-refractivity contribution < 1.29 is 5.11 Å². The third kappa shape index (κ3) is 4.37. The Bertz CT molecular complexity index is 1730. The van der Waals surface area contributed by atoms with E-state index in [4.69, 9.17) is 0 Å². The molecule has 0 unspecified atom stereocenters. The summed E-state index contributed by atoms with van der Waals surface area (Å²) >= 11 is 0. The average Bonchev–Trinajstić information content (AvgIpc) is 3.61. The molecule has 3 aromatic heterocycles. The number of aliphatic hydroxyl groups is 1. The lowest BCUT2D eigenvalue weighted by molar-refractivity contribution is 0.277. The normalized spacial score (nSPS) is 11.3. The molecule has 11 nitrogen and oxygen atoms in total. The van der Waals surface area contributed by atoms with Gasteiger partial charge in [0.15, 0.2) is 17.0 Å². The average molecular weight is 513 g/mol. The summed E-state index contributed by atoms with van der Waals surface area (Å²) in [4.78, 5) is 31.0. The van der Waals surface area contributed by atoms with Gasteiger partial charge in [0.05, 0.1) is 0 Å². The minimum Gasteiger partial charge on any atom is -0.396 e. The summed E-state index contributed by atoms with van der Waals surface area (Å²) in [5.74, 6) is 1.15. The van der Waals surface area contributed by atoms with Gasteiger partial charge in [0, 0.05) is 32.3 Å². The number of tetrazole rings is 1. The molecule has 0 aliphatic rings. The number of nitrogens with zero attached hydrogens (tertiary/aromatic N) is 7. The summed E-state index contributed by atoms with van der Waals surface area (Å²) in [6.45, 7) is 6.50. The number of benzene rings is 2. The number of fused-ring (bicyclic) bond motifs is 1. The van der Waals surface area contributed by atoms with E-state index in [1.807, 2.05) is 60.0 Å². The van der Waals surface area contributed by atoms with Gasteiger partial charge in [0.1, 0.15) is 5.82 Å². The van der Waals surface area contributed by atoms with Gasteiger partial charge in [0.2, 0.25) is 0 Å². The molecule has 0 saturated heterocycles. The van der Waals surface area contributed by atoms with Gasteiger partial charge in [-0.05, 0) is 45.5 Å². The zero-order chi connectivity index (χ0) is 26.8. The van der Waals surface area contributed by atoms with Crippen molar-refractivity contribution in [1.29, 1.82) is 0 Å². The van der Waals surface area contributed by atoms with Crippen LogP contribution in [0.4, 0.5) is 0 Å². The summed E-state index contributed by atoms with van der Waals surface area (Å²) < 4.78 is 4.38. The van der Waals surface area contributed by atoms with Crippen LogP contribution in [0.15, 0.2) is 64.7 Å². The van der Waals surface area contributed by atoms with Crippen molar-refractivity contribution in [3.05, 3.63) is 87.3 Å². The van der Waals surface area contributed by atoms with Crippen molar-refractivity contribution in [2.75, 3.05) is 6.61 Å². The topological polar surface area (TPSA) is 137 Å². The number of H-pyrrole nitrogens is 1. The Morgan fingerprint density at radius 2 is 1.79 bits per heavy atom. The Balaban J connectivity index is 1.59. The third-order valence-corrected chi connectivity index (χ3v) is 6.65. The van der Waals surface area contributed by atoms with Crippen molar-refractivity contribution in [2.45, 2.75) is 32.9 Å². The Hall–Kier alpha value is -4.64. The first kappa shape index (κ1) is 25.0. The van der Waals surface area contributed by atoms with E-state index in [1.54, 1.807) is 7.05 Å². The second-order valence-electron chi connectivity index (χ2n) is 9.02. The van der Waals surface area contributed by atoms with E-state index in [-0.39, 0.29) is 13.2 Å². The smallest absolute Gasteiger partial charge is 0.332 e. The quantitative estimate of drug-likeness (QED) is 0.310. The fraction of sp³-hybridized carbons (Fsp3) is 0.259. The number of rotatable bonds is 9. The zero-order valence-electron chi connectivity index (χ0n) is 21.3. The SMILES string of the molecule is C=C(CC)c1nc2c(c(=O)n(CCCO)c(=O)n2C)n1Cc1ccc(-c2ccccc2-c2nnn[nH]2)cc1. The molecular weight excluding hydrogens is 484 g/mol. The van der Waals surface area contributed by atoms with Gasteiger partial charge in [-0.25, -0.2) is 14.9 Å². The molecule has 0 atom stereocenters. The molecule has 5 aromatic rings. The van der Waals surface area contributed by atoms with Gasteiger partial charge in [-0.1, -0.05) is 62.0 Å². The fourth-order valence-electron chi connectivity index (χ4n) is 4.57. The number of aromatic nitrogens is 8. The predicted octanol–water partition coefficient (Wildman–Crippen LogP) is 2.60. The lowest BCUT2D eigenvalue weighted by Gasteiger charge is -2.13. The summed E-state index contributed by atoms with van der Waals surface area (Å²) in [6, 6.07) is 15.9. The standard InChI is InChI=1S/C27H28N8O3/c1-4-17(2)24-28-25-22(26(37)34(14-7-15-36)27(38)33(25)3)35(24)16-18-10-12-19(13-11-18)20-8-5-6-9-21(20)23-29-31-32-30-23/h5-6,8-13,36H,2,4,7,14-16H2,1,3H3,(H,29,30,31,32). The first-order chi connectivity index (χ1) is 18.4. The second kappa shape index (κ2) is 10.4. The van der Waals surface area contributed by atoms with Gasteiger partial charge in [-0.2, -0.15) is 0 Å². The van der Waals surface area contributed by atoms with Crippen molar-refractivity contribution in [3.63, 3.8) is 0 Å². The Labute approximate surface area is 217 Å². The van der Waals surface area contributed by atoms with Crippen molar-refractivity contribution in [2.24, 2.45) is 7.05 Å². The maximum atomic E-state index is 13.5. The molecule has 3 heterocycles. The number of hydrogen-bond acceptors (Lipinski definition) is 7. The highest BCUT2D eigenvalue weighted by molar-refractivity contribution is 5.80. The van der Waals surface area contributed by atoms with Crippen LogP contribution in [0.3, 0.4) is 0 Å². The molecule has 0 amide bonds. The van der Waals surface area contributed by atoms with Crippen LogP contribution in [-0.2, 0) is 20.1 Å². The van der Waals surface area contributed by atoms with Gasteiger partial charge in [-0.15, -0.1) is 5.10 Å². The van der Waals surface area contributed by atoms with E-state index in [0.29, 0.717) is 42.2 Å². The van der Waals surface area contributed by atoms with E-state index in [0.717, 1.165) is 32.4 Å². The molecule has 0 bridgehead atoms. The third-order valence-electron chi connectivity index (χ3n) is 6.65. The van der Waals surface area contributed by atoms with Crippen LogP contribution in [0, 0.1) is 0 Å². The molecule has 2 aromatic carbocycles. The molecule has 5 rings (SSSR count). The zero-order valence-corrected chi connectivity index (χ0v) is 21.3. The lowest BCUT2D eigenvalue weighted by atomic mass is 9.98.